The molecule has 122 valence electrons. The molecular weight excluding hydrogens is 320 g/mol. The van der Waals surface area contributed by atoms with Gasteiger partial charge in [0.2, 0.25) is 0 Å². The van der Waals surface area contributed by atoms with Gasteiger partial charge in [-0.25, -0.2) is 4.57 Å². The first-order chi connectivity index (χ1) is 12.0. The summed E-state index contributed by atoms with van der Waals surface area (Å²) in [6.45, 7) is 0. The average molecular weight is 332 g/mol. The molecule has 0 atom stereocenters. The number of Topliss-reactive ketones (excluding diaryl/α,β-unsaturated/α-hetero) is 1. The number of hydrogen-bond donors (Lipinski definition) is 0. The number of allylic oxidation sites excluding steroid dienone is 2. The molecule has 0 spiro atoms. The second-order valence-electron chi connectivity index (χ2n) is 5.83. The van der Waals surface area contributed by atoms with Crippen molar-refractivity contribution >= 4 is 33.9 Å². The van der Waals surface area contributed by atoms with E-state index in [1.165, 1.54) is 10.6 Å². The molecule has 0 aliphatic heterocycles. The molecule has 6 nitrogen and oxygen atoms in total. The van der Waals surface area contributed by atoms with Crippen LogP contribution in [-0.4, -0.2) is 21.1 Å². The zero-order chi connectivity index (χ0) is 17.7. The van der Waals surface area contributed by atoms with Crippen molar-refractivity contribution in [1.82, 2.24) is 4.57 Å². The third-order valence-corrected chi connectivity index (χ3v) is 4.48. The molecule has 0 N–H and O–H groups in total. The summed E-state index contributed by atoms with van der Waals surface area (Å²) < 4.78 is 1.43. The Morgan fingerprint density at radius 2 is 1.60 bits per heavy atom. The highest BCUT2D eigenvalue weighted by Crippen LogP contribution is 2.39. The zero-order valence-corrected chi connectivity index (χ0v) is 13.2. The fraction of sp³-hybridized carbons (Fsp3) is 0.0526. The predicted octanol–water partition coefficient (Wildman–Crippen LogP) is 3.55. The number of fused-ring (bicyclic) bond motifs is 2. The van der Waals surface area contributed by atoms with Crippen LogP contribution in [-0.2, 0) is 7.05 Å². The summed E-state index contributed by atoms with van der Waals surface area (Å²) >= 11 is 0. The number of nitrogens with zero attached hydrogens (tertiary/aromatic N) is 2. The summed E-state index contributed by atoms with van der Waals surface area (Å²) in [5.74, 6) is -0.907. The van der Waals surface area contributed by atoms with Gasteiger partial charge < -0.3 is 10.1 Å². The van der Waals surface area contributed by atoms with Crippen LogP contribution in [0.3, 0.4) is 0 Å². The molecule has 0 saturated carbocycles. The van der Waals surface area contributed by atoms with Gasteiger partial charge in [0, 0.05) is 22.1 Å². The minimum absolute atomic E-state index is 0.0622. The lowest BCUT2D eigenvalue weighted by molar-refractivity contribution is -0.391. The molecule has 0 radical (unpaired) electrons. The molecule has 4 rings (SSSR count). The van der Waals surface area contributed by atoms with Gasteiger partial charge in [0.15, 0.2) is 11.6 Å². The Hall–Kier alpha value is -3.54. The van der Waals surface area contributed by atoms with E-state index in [1.807, 2.05) is 0 Å². The van der Waals surface area contributed by atoms with Gasteiger partial charge in [-0.05, 0) is 23.1 Å². The van der Waals surface area contributed by atoms with Crippen molar-refractivity contribution in [1.29, 1.82) is 0 Å². The fourth-order valence-corrected chi connectivity index (χ4v) is 3.36. The standard InChI is InChI=1S/C19H12N2O4/c1-20-15-9-5-4-8-13(15)17(19(20)21(24)25)14-10-16(22)11-6-2-3-7-12(11)18(14)23/h2-10H,1H3. The molecule has 2 aromatic carbocycles. The topological polar surface area (TPSA) is 82.2 Å². The molecule has 0 fully saturated rings. The maximum absolute atomic E-state index is 12.9. The number of aromatic nitrogens is 1. The highest BCUT2D eigenvalue weighted by molar-refractivity contribution is 6.40. The SMILES string of the molecule is Cn1c([N+](=O)[O-])c(C2=CC(=O)c3ccccc3C2=O)c2ccccc21. The van der Waals surface area contributed by atoms with Gasteiger partial charge in [-0.1, -0.05) is 36.4 Å². The maximum Gasteiger partial charge on any atom is 0.331 e. The summed E-state index contributed by atoms with van der Waals surface area (Å²) in [4.78, 5) is 36.5. The fourth-order valence-electron chi connectivity index (χ4n) is 3.36. The molecule has 0 unspecified atom stereocenters. The Morgan fingerprint density at radius 1 is 0.960 bits per heavy atom. The average Bonchev–Trinajstić information content (AvgIpc) is 2.91. The van der Waals surface area contributed by atoms with Crippen molar-refractivity contribution in [3.8, 4) is 0 Å². The number of hydrogen-bond acceptors (Lipinski definition) is 4. The van der Waals surface area contributed by atoms with E-state index in [9.17, 15) is 19.7 Å². The van der Waals surface area contributed by atoms with Crippen LogP contribution in [0.2, 0.25) is 0 Å². The smallest absolute Gasteiger partial charge is 0.331 e. The third-order valence-electron chi connectivity index (χ3n) is 4.48. The van der Waals surface area contributed by atoms with Crippen LogP contribution >= 0.6 is 0 Å². The molecule has 0 bridgehead atoms. The molecule has 1 heterocycles. The Morgan fingerprint density at radius 3 is 2.32 bits per heavy atom. The molecule has 25 heavy (non-hydrogen) atoms. The monoisotopic (exact) mass is 332 g/mol. The number of carbonyl (C=O) groups is 2. The number of ketones is 2. The van der Waals surface area contributed by atoms with Crippen molar-refractivity contribution < 1.29 is 14.5 Å². The second kappa shape index (κ2) is 5.24. The van der Waals surface area contributed by atoms with Crippen LogP contribution < -0.4 is 0 Å². The van der Waals surface area contributed by atoms with Crippen molar-refractivity contribution in [3.63, 3.8) is 0 Å². The first kappa shape index (κ1) is 15.0. The van der Waals surface area contributed by atoms with E-state index in [0.29, 0.717) is 16.5 Å². The zero-order valence-electron chi connectivity index (χ0n) is 13.2. The summed E-state index contributed by atoms with van der Waals surface area (Å²) in [6.07, 6.45) is 1.21. The summed E-state index contributed by atoms with van der Waals surface area (Å²) in [5, 5.41) is 12.2. The van der Waals surface area contributed by atoms with Gasteiger partial charge in [-0.3, -0.25) is 9.59 Å². The van der Waals surface area contributed by atoms with Gasteiger partial charge in [-0.15, -0.1) is 0 Å². The Kier molecular flexibility index (Phi) is 3.15. The minimum atomic E-state index is -0.519. The second-order valence-corrected chi connectivity index (χ2v) is 5.83. The van der Waals surface area contributed by atoms with Crippen LogP contribution in [0.15, 0.2) is 54.6 Å². The van der Waals surface area contributed by atoms with Crippen molar-refractivity contribution in [2.24, 2.45) is 7.05 Å². The maximum atomic E-state index is 12.9. The third kappa shape index (κ3) is 2.04. The van der Waals surface area contributed by atoms with Gasteiger partial charge in [0.25, 0.3) is 0 Å². The first-order valence-electron chi connectivity index (χ1n) is 7.62. The first-order valence-corrected chi connectivity index (χ1v) is 7.62. The lowest BCUT2D eigenvalue weighted by Crippen LogP contribution is -2.16. The van der Waals surface area contributed by atoms with E-state index in [4.69, 9.17) is 0 Å². The normalized spacial score (nSPS) is 13.7. The van der Waals surface area contributed by atoms with E-state index in [1.54, 1.807) is 55.6 Å². The molecule has 1 aliphatic carbocycles. The molecule has 1 aromatic heterocycles. The molecule has 0 amide bonds. The van der Waals surface area contributed by atoms with E-state index < -0.39 is 4.92 Å². The predicted molar refractivity (Wildman–Crippen MR) is 92.7 cm³/mol. The number of carbonyl (C=O) groups excluding carboxylic acids is 2. The molecule has 1 aliphatic rings. The van der Waals surface area contributed by atoms with Crippen LogP contribution in [0.1, 0.15) is 26.3 Å². The quantitative estimate of drug-likeness (QED) is 0.531. The number of benzene rings is 2. The van der Waals surface area contributed by atoms with Crippen LogP contribution in [0.25, 0.3) is 16.5 Å². The van der Waals surface area contributed by atoms with Crippen molar-refractivity contribution in [3.05, 3.63) is 81.4 Å². The van der Waals surface area contributed by atoms with Crippen molar-refractivity contribution in [2.75, 3.05) is 0 Å². The Bertz CT molecular complexity index is 1120. The van der Waals surface area contributed by atoms with Gasteiger partial charge >= 0.3 is 5.82 Å². The molecule has 0 saturated heterocycles. The van der Waals surface area contributed by atoms with Crippen LogP contribution in [0.5, 0.6) is 0 Å². The van der Waals surface area contributed by atoms with Gasteiger partial charge in [0.1, 0.15) is 5.52 Å². The Balaban J connectivity index is 2.07. The lowest BCUT2D eigenvalue weighted by atomic mass is 9.86. The number of para-hydroxylation sites is 1. The van der Waals surface area contributed by atoms with E-state index in [2.05, 4.69) is 0 Å². The Labute approximate surface area is 142 Å². The lowest BCUT2D eigenvalue weighted by Gasteiger charge is -2.14. The molecule has 6 heteroatoms. The number of rotatable bonds is 2. The summed E-state index contributed by atoms with van der Waals surface area (Å²) in [5.41, 5.74) is 1.47. The van der Waals surface area contributed by atoms with Gasteiger partial charge in [0.05, 0.1) is 12.6 Å². The highest BCUT2D eigenvalue weighted by Gasteiger charge is 2.34. The van der Waals surface area contributed by atoms with Crippen molar-refractivity contribution in [2.45, 2.75) is 0 Å². The van der Waals surface area contributed by atoms with Crippen LogP contribution in [0, 0.1) is 10.1 Å². The number of aryl methyl sites for hydroxylation is 1. The summed E-state index contributed by atoms with van der Waals surface area (Å²) in [7, 11) is 1.58. The largest absolute Gasteiger partial charge is 0.358 e. The summed E-state index contributed by atoms with van der Waals surface area (Å²) in [6, 6.07) is 13.5. The van der Waals surface area contributed by atoms with E-state index in [0.717, 1.165) is 0 Å². The minimum Gasteiger partial charge on any atom is -0.358 e. The molecule has 3 aromatic rings. The van der Waals surface area contributed by atoms with E-state index in [-0.39, 0.29) is 34.1 Å². The van der Waals surface area contributed by atoms with E-state index >= 15 is 0 Å². The van der Waals surface area contributed by atoms with Crippen LogP contribution in [0.4, 0.5) is 5.82 Å². The number of nitro groups is 1. The van der Waals surface area contributed by atoms with Gasteiger partial charge in [-0.2, -0.15) is 0 Å². The highest BCUT2D eigenvalue weighted by atomic mass is 16.6. The molecular formula is C19H12N2O4.